The van der Waals surface area contributed by atoms with E-state index in [4.69, 9.17) is 9.47 Å². The molecule has 0 fully saturated rings. The first kappa shape index (κ1) is 47.6. The van der Waals surface area contributed by atoms with E-state index in [1.807, 2.05) is 144 Å². The summed E-state index contributed by atoms with van der Waals surface area (Å²) in [5.41, 5.74) is 9.73. The molecule has 0 aliphatic heterocycles. The molecule has 0 bridgehead atoms. The summed E-state index contributed by atoms with van der Waals surface area (Å²) in [6.45, 7) is 8.60. The number of benzene rings is 8. The quantitative estimate of drug-likeness (QED) is 0.0620. The van der Waals surface area contributed by atoms with Crippen molar-refractivity contribution in [2.45, 2.75) is 6.42 Å². The Kier molecular flexibility index (Phi) is 14.9. The van der Waals surface area contributed by atoms with Crippen LogP contribution in [0.25, 0.3) is 75.9 Å². The number of hydrogen-bond donors (Lipinski definition) is 2. The van der Waals surface area contributed by atoms with E-state index in [2.05, 4.69) is 95.8 Å². The molecule has 4 heterocycles. The maximum Gasteiger partial charge on any atom is 0.263 e. The topological polar surface area (TPSA) is 75.9 Å². The molecule has 8 aromatic carbocycles. The molecule has 344 valence electrons. The second-order valence-electron chi connectivity index (χ2n) is 16.5. The molecule has 0 saturated carbocycles. The van der Waals surface area contributed by atoms with Gasteiger partial charge in [0.1, 0.15) is 6.42 Å². The summed E-state index contributed by atoms with van der Waals surface area (Å²) < 4.78 is 14.3. The Morgan fingerprint density at radius 3 is 1.01 bits per heavy atom. The molecular formula is C61H50HfN2O4S2. The number of para-hydroxylation sites is 6. The number of nitrogens with zero attached hydrogens (tertiary/aromatic N) is 2. The van der Waals surface area contributed by atoms with Crippen molar-refractivity contribution in [2.24, 2.45) is 0 Å². The van der Waals surface area contributed by atoms with E-state index in [0.29, 0.717) is 13.2 Å². The molecule has 6 nitrogen and oxygen atoms in total. The Bertz CT molecular complexity index is 3320. The van der Waals surface area contributed by atoms with Crippen molar-refractivity contribution in [3.8, 4) is 55.3 Å². The predicted octanol–water partition coefficient (Wildman–Crippen LogP) is 16.1. The van der Waals surface area contributed by atoms with Crippen molar-refractivity contribution in [1.29, 1.82) is 0 Å². The minimum absolute atomic E-state index is 0. The third kappa shape index (κ3) is 9.74. The average molecular weight is 1120 g/mol. The molecule has 4 aromatic heterocycles. The Morgan fingerprint density at radius 2 is 0.686 bits per heavy atom. The number of hydrogen-bond acceptors (Lipinski definition) is 4. The van der Waals surface area contributed by atoms with Crippen molar-refractivity contribution in [1.82, 2.24) is 9.13 Å². The second-order valence-corrected chi connectivity index (χ2v) is 18.2. The SMILES string of the molecule is Oc1c(-n2c3ccccc3c3ccccc32)csc1-c1ccccc1[OH+]CCC[OH+]c1ccccc1-c1scc(-n2c3ccccc3c3ccccc32)c1O.[CH2-]c1ccccc1.[CH2-]c1ccccc1.[Hf]. The summed E-state index contributed by atoms with van der Waals surface area (Å²) in [5.74, 6) is 2.19. The smallest absolute Gasteiger partial charge is 0.263 e. The first-order valence-electron chi connectivity index (χ1n) is 22.8. The molecule has 0 aliphatic rings. The maximum absolute atomic E-state index is 11.7. The van der Waals surface area contributed by atoms with E-state index in [1.54, 1.807) is 0 Å². The number of aromatic nitrogens is 2. The number of ether oxygens (including phenoxy) is 2. The van der Waals surface area contributed by atoms with Gasteiger partial charge in [0.2, 0.25) is 0 Å². The van der Waals surface area contributed by atoms with Crippen LogP contribution in [0.1, 0.15) is 17.5 Å². The van der Waals surface area contributed by atoms with Gasteiger partial charge in [0.25, 0.3) is 11.5 Å². The van der Waals surface area contributed by atoms with Crippen LogP contribution in [-0.4, -0.2) is 42.0 Å². The molecule has 0 saturated heterocycles. The van der Waals surface area contributed by atoms with Crippen molar-refractivity contribution in [3.05, 3.63) is 242 Å². The summed E-state index contributed by atoms with van der Waals surface area (Å²) in [6, 6.07) is 69.1. The van der Waals surface area contributed by atoms with Gasteiger partial charge in [0, 0.05) is 70.3 Å². The zero-order valence-electron chi connectivity index (χ0n) is 38.3. The van der Waals surface area contributed by atoms with Gasteiger partial charge in [-0.1, -0.05) is 109 Å². The molecule has 70 heavy (non-hydrogen) atoms. The van der Waals surface area contributed by atoms with Crippen LogP contribution in [0.15, 0.2) is 217 Å². The first-order chi connectivity index (χ1) is 34.0. The van der Waals surface area contributed by atoms with Crippen LogP contribution >= 0.6 is 22.7 Å². The van der Waals surface area contributed by atoms with Gasteiger partial charge in [-0.15, -0.1) is 46.9 Å². The molecular weight excluding hydrogens is 1070 g/mol. The largest absolute Gasteiger partial charge is 0.582 e. The number of fused-ring (bicyclic) bond motifs is 6. The molecule has 12 rings (SSSR count). The van der Waals surface area contributed by atoms with Crippen molar-refractivity contribution in [3.63, 3.8) is 0 Å². The van der Waals surface area contributed by atoms with E-state index in [0.717, 1.165) is 105 Å². The predicted molar refractivity (Wildman–Crippen MR) is 291 cm³/mol. The first-order valence-corrected chi connectivity index (χ1v) is 24.6. The van der Waals surface area contributed by atoms with Gasteiger partial charge in [0.05, 0.1) is 54.3 Å². The Morgan fingerprint density at radius 1 is 0.386 bits per heavy atom. The number of aromatic hydroxyl groups is 4. The molecule has 0 atom stereocenters. The zero-order chi connectivity index (χ0) is 47.1. The summed E-state index contributed by atoms with van der Waals surface area (Å²) in [4.78, 5) is 1.59. The standard InChI is InChI=1S/C47H34N2O4S2.2C7H7.Hf/c50-44-40(48-36-20-7-1-14-30(36)31-15-2-8-21-37(31)48)28-54-46(44)34-18-5-11-24-42(34)52-26-13-27-53-43-25-12-6-19-35(43)47-45(51)41(29-55-47)49-38-22-9-3-16-32(38)33-17-4-10-23-39(33)49;2*1-7-5-3-2-4-6-7;/h1-12,14-25,28-29,50-51H,13,26-27H2;2*2-6H,1H2;/q;2*-1;/p+2. The molecule has 4 N–H and O–H groups in total. The molecule has 0 aliphatic carbocycles. The normalized spacial score (nSPS) is 10.9. The van der Waals surface area contributed by atoms with E-state index < -0.39 is 0 Å². The van der Waals surface area contributed by atoms with Gasteiger partial charge in [-0.25, -0.2) is 0 Å². The molecule has 0 amide bonds. The molecule has 9 heteroatoms. The monoisotopic (exact) mass is 1120 g/mol. The second kappa shape index (κ2) is 21.9. The minimum Gasteiger partial charge on any atom is -0.582 e. The molecule has 0 unspecified atom stereocenters. The van der Waals surface area contributed by atoms with Crippen LogP contribution in [0.5, 0.6) is 23.0 Å². The number of rotatable bonds is 10. The summed E-state index contributed by atoms with van der Waals surface area (Å²) in [7, 11) is 0. The fraction of sp³-hybridized carbons (Fsp3) is 0.0492. The zero-order valence-corrected chi connectivity index (χ0v) is 43.5. The fourth-order valence-electron chi connectivity index (χ4n) is 8.78. The Hall–Kier alpha value is -7.43. The summed E-state index contributed by atoms with van der Waals surface area (Å²) in [5, 5.41) is 32.2. The van der Waals surface area contributed by atoms with Crippen LogP contribution in [0.2, 0.25) is 0 Å². The van der Waals surface area contributed by atoms with Crippen LogP contribution in [0.3, 0.4) is 0 Å². The van der Waals surface area contributed by atoms with E-state index in [9.17, 15) is 10.2 Å². The van der Waals surface area contributed by atoms with E-state index >= 15 is 0 Å². The molecule has 0 radical (unpaired) electrons. The van der Waals surface area contributed by atoms with Gasteiger partial charge in [-0.05, 0) is 36.4 Å². The third-order valence-electron chi connectivity index (χ3n) is 12.0. The third-order valence-corrected chi connectivity index (χ3v) is 14.0. The van der Waals surface area contributed by atoms with Crippen LogP contribution < -0.4 is 0 Å². The van der Waals surface area contributed by atoms with Crippen LogP contribution in [0.4, 0.5) is 0 Å². The van der Waals surface area contributed by atoms with E-state index in [-0.39, 0.29) is 37.3 Å². The van der Waals surface area contributed by atoms with Crippen LogP contribution in [0, 0.1) is 13.8 Å². The fourth-order valence-corrected chi connectivity index (χ4v) is 10.7. The van der Waals surface area contributed by atoms with Gasteiger partial charge >= 0.3 is 0 Å². The Labute approximate surface area is 434 Å². The summed E-state index contributed by atoms with van der Waals surface area (Å²) in [6.07, 6.45) is 0.745. The minimum atomic E-state index is 0. The van der Waals surface area contributed by atoms with Gasteiger partial charge in [-0.2, -0.15) is 49.2 Å². The van der Waals surface area contributed by atoms with Gasteiger partial charge in [0.15, 0.2) is 24.7 Å². The molecule has 0 spiro atoms. The van der Waals surface area contributed by atoms with Crippen molar-refractivity contribution < 1.29 is 45.5 Å². The number of aliphatic hydroxyl groups is 2. The molecule has 12 aromatic rings. The van der Waals surface area contributed by atoms with Crippen molar-refractivity contribution >= 4 is 66.3 Å². The average Bonchev–Trinajstić information content (AvgIpc) is 4.15. The maximum atomic E-state index is 11.7. The van der Waals surface area contributed by atoms with Gasteiger partial charge in [-0.3, -0.25) is 0 Å². The van der Waals surface area contributed by atoms with E-state index in [1.165, 1.54) is 22.7 Å². The van der Waals surface area contributed by atoms with Gasteiger partial charge < -0.3 is 28.8 Å². The number of thiophene rings is 2. The van der Waals surface area contributed by atoms with Crippen molar-refractivity contribution in [2.75, 3.05) is 13.2 Å². The summed E-state index contributed by atoms with van der Waals surface area (Å²) >= 11 is 3.06. The Balaban J connectivity index is 0.000000350. The van der Waals surface area contributed by atoms with Crippen LogP contribution in [-0.2, 0) is 25.8 Å².